The average Bonchev–Trinajstić information content (AvgIpc) is 3.11. The topological polar surface area (TPSA) is 59.0 Å². The number of nitrogens with zero attached hydrogens (tertiary/aromatic N) is 2. The first-order valence-corrected chi connectivity index (χ1v) is 9.86. The first-order chi connectivity index (χ1) is 14.5. The lowest BCUT2D eigenvalue weighted by Crippen LogP contribution is -2.25. The van der Waals surface area contributed by atoms with Gasteiger partial charge in [-0.2, -0.15) is 4.99 Å². The Balaban J connectivity index is 1.77. The van der Waals surface area contributed by atoms with Gasteiger partial charge in [-0.05, 0) is 42.0 Å². The SMILES string of the molecule is COC(=O)c1ccc(N2Cc3ccccc3C2=NC(=O)c2c(Cl)cccc2Cl)cc1. The van der Waals surface area contributed by atoms with E-state index in [0.29, 0.717) is 17.9 Å². The van der Waals surface area contributed by atoms with Crippen molar-refractivity contribution in [2.45, 2.75) is 6.54 Å². The van der Waals surface area contributed by atoms with Gasteiger partial charge in [-0.1, -0.05) is 53.5 Å². The summed E-state index contributed by atoms with van der Waals surface area (Å²) in [6.45, 7) is 0.538. The quantitative estimate of drug-likeness (QED) is 0.514. The molecule has 7 heteroatoms. The largest absolute Gasteiger partial charge is 0.465 e. The minimum atomic E-state index is -0.520. The van der Waals surface area contributed by atoms with E-state index >= 15 is 0 Å². The number of carbonyl (C=O) groups is 2. The van der Waals surface area contributed by atoms with Crippen LogP contribution in [-0.4, -0.2) is 24.8 Å². The highest BCUT2D eigenvalue weighted by Gasteiger charge is 2.28. The van der Waals surface area contributed by atoms with Gasteiger partial charge >= 0.3 is 5.97 Å². The maximum absolute atomic E-state index is 13.0. The maximum atomic E-state index is 13.0. The van der Waals surface area contributed by atoms with Crippen molar-refractivity contribution in [3.05, 3.63) is 99.0 Å². The van der Waals surface area contributed by atoms with Crippen LogP contribution in [0.2, 0.25) is 10.0 Å². The predicted octanol–water partition coefficient (Wildman–Crippen LogP) is 5.39. The number of rotatable bonds is 3. The van der Waals surface area contributed by atoms with Gasteiger partial charge < -0.3 is 9.64 Å². The molecule has 1 aliphatic rings. The zero-order chi connectivity index (χ0) is 21.3. The molecule has 1 aliphatic heterocycles. The van der Waals surface area contributed by atoms with E-state index in [9.17, 15) is 9.59 Å². The smallest absolute Gasteiger partial charge is 0.337 e. The van der Waals surface area contributed by atoms with Gasteiger partial charge in [-0.25, -0.2) is 4.79 Å². The van der Waals surface area contributed by atoms with Crippen LogP contribution in [0.4, 0.5) is 5.69 Å². The fraction of sp³-hybridized carbons (Fsp3) is 0.0870. The maximum Gasteiger partial charge on any atom is 0.337 e. The van der Waals surface area contributed by atoms with Crippen molar-refractivity contribution in [3.63, 3.8) is 0 Å². The minimum Gasteiger partial charge on any atom is -0.465 e. The Morgan fingerprint density at radius 2 is 1.60 bits per heavy atom. The molecule has 0 atom stereocenters. The van der Waals surface area contributed by atoms with E-state index in [1.165, 1.54) is 7.11 Å². The molecule has 150 valence electrons. The molecule has 3 aromatic carbocycles. The second-order valence-electron chi connectivity index (χ2n) is 6.62. The molecule has 5 nitrogen and oxygen atoms in total. The lowest BCUT2D eigenvalue weighted by Gasteiger charge is -2.19. The van der Waals surface area contributed by atoms with E-state index in [-0.39, 0.29) is 15.6 Å². The van der Waals surface area contributed by atoms with Crippen LogP contribution in [0.15, 0.2) is 71.7 Å². The van der Waals surface area contributed by atoms with E-state index in [1.807, 2.05) is 29.2 Å². The molecule has 0 unspecified atom stereocenters. The van der Waals surface area contributed by atoms with Gasteiger partial charge in [0.25, 0.3) is 5.91 Å². The van der Waals surface area contributed by atoms with Crippen molar-refractivity contribution < 1.29 is 14.3 Å². The van der Waals surface area contributed by atoms with Crippen molar-refractivity contribution in [1.29, 1.82) is 0 Å². The molecule has 0 N–H and O–H groups in total. The van der Waals surface area contributed by atoms with E-state index in [1.54, 1.807) is 42.5 Å². The molecule has 1 amide bonds. The molecule has 0 radical (unpaired) electrons. The summed E-state index contributed by atoms with van der Waals surface area (Å²) in [6, 6.07) is 19.6. The number of esters is 1. The lowest BCUT2D eigenvalue weighted by molar-refractivity contribution is 0.0600. The molecule has 0 spiro atoms. The Hall–Kier alpha value is -3.15. The molecule has 4 rings (SSSR count). The van der Waals surface area contributed by atoms with Crippen LogP contribution < -0.4 is 4.90 Å². The van der Waals surface area contributed by atoms with Gasteiger partial charge in [0, 0.05) is 11.3 Å². The first-order valence-electron chi connectivity index (χ1n) is 9.11. The molecule has 0 fully saturated rings. The number of amides is 1. The van der Waals surface area contributed by atoms with Gasteiger partial charge in [0.1, 0.15) is 5.84 Å². The molecule has 0 saturated heterocycles. The number of hydrogen-bond acceptors (Lipinski definition) is 3. The van der Waals surface area contributed by atoms with Crippen LogP contribution in [0.5, 0.6) is 0 Å². The van der Waals surface area contributed by atoms with Gasteiger partial charge in [-0.3, -0.25) is 4.79 Å². The third-order valence-electron chi connectivity index (χ3n) is 4.83. The molecule has 3 aromatic rings. The van der Waals surface area contributed by atoms with Gasteiger partial charge in [0.2, 0.25) is 0 Å². The van der Waals surface area contributed by atoms with E-state index in [0.717, 1.165) is 16.8 Å². The lowest BCUT2D eigenvalue weighted by atomic mass is 10.1. The summed E-state index contributed by atoms with van der Waals surface area (Å²) >= 11 is 12.4. The normalized spacial score (nSPS) is 14.0. The summed E-state index contributed by atoms with van der Waals surface area (Å²) in [4.78, 5) is 31.0. The zero-order valence-electron chi connectivity index (χ0n) is 15.9. The van der Waals surface area contributed by atoms with Gasteiger partial charge in [-0.15, -0.1) is 0 Å². The number of fused-ring (bicyclic) bond motifs is 1. The number of halogens is 2. The first kappa shape index (κ1) is 20.1. The van der Waals surface area contributed by atoms with Crippen molar-refractivity contribution in [3.8, 4) is 0 Å². The summed E-state index contributed by atoms with van der Waals surface area (Å²) in [5, 5.41) is 0.495. The fourth-order valence-corrected chi connectivity index (χ4v) is 3.91. The number of carbonyl (C=O) groups excluding carboxylic acids is 2. The molecule has 0 saturated carbocycles. The van der Waals surface area contributed by atoms with E-state index in [2.05, 4.69) is 4.99 Å². The Morgan fingerprint density at radius 1 is 0.933 bits per heavy atom. The second kappa shape index (κ2) is 8.30. The fourth-order valence-electron chi connectivity index (χ4n) is 3.35. The summed E-state index contributed by atoms with van der Waals surface area (Å²) < 4.78 is 4.75. The number of hydrogen-bond donors (Lipinski definition) is 0. The Morgan fingerprint density at radius 3 is 2.27 bits per heavy atom. The van der Waals surface area contributed by atoms with Crippen LogP contribution in [0.25, 0.3) is 0 Å². The van der Waals surface area contributed by atoms with Crippen LogP contribution in [0, 0.1) is 0 Å². The van der Waals surface area contributed by atoms with Crippen LogP contribution in [-0.2, 0) is 11.3 Å². The molecular formula is C23H16Cl2N2O3. The number of anilines is 1. The summed E-state index contributed by atoms with van der Waals surface area (Å²) in [5.41, 5.74) is 3.28. The van der Waals surface area contributed by atoms with Crippen molar-refractivity contribution in [2.24, 2.45) is 4.99 Å². The van der Waals surface area contributed by atoms with Crippen LogP contribution in [0.3, 0.4) is 0 Å². The number of methoxy groups -OCH3 is 1. The third kappa shape index (κ3) is 3.70. The highest BCUT2D eigenvalue weighted by Crippen LogP contribution is 2.31. The van der Waals surface area contributed by atoms with Gasteiger partial charge in [0.15, 0.2) is 0 Å². The Labute approximate surface area is 183 Å². The molecule has 0 aromatic heterocycles. The average molecular weight is 439 g/mol. The Bertz CT molecular complexity index is 1150. The highest BCUT2D eigenvalue weighted by molar-refractivity contribution is 6.40. The Kier molecular flexibility index (Phi) is 5.57. The summed E-state index contributed by atoms with van der Waals surface area (Å²) in [7, 11) is 1.34. The van der Waals surface area contributed by atoms with Crippen molar-refractivity contribution in [2.75, 3.05) is 12.0 Å². The zero-order valence-corrected chi connectivity index (χ0v) is 17.4. The predicted molar refractivity (Wildman–Crippen MR) is 118 cm³/mol. The van der Waals surface area contributed by atoms with Crippen LogP contribution in [0.1, 0.15) is 31.8 Å². The van der Waals surface area contributed by atoms with E-state index < -0.39 is 11.9 Å². The minimum absolute atomic E-state index is 0.165. The summed E-state index contributed by atoms with van der Waals surface area (Å²) in [6.07, 6.45) is 0. The molecule has 1 heterocycles. The van der Waals surface area contributed by atoms with Gasteiger partial charge in [0.05, 0.1) is 34.8 Å². The standard InChI is InChI=1S/C23H16Cl2N2O3/c1-30-23(29)14-9-11-16(12-10-14)27-13-15-5-2-3-6-17(15)21(27)26-22(28)20-18(24)7-4-8-19(20)25/h2-12H,13H2,1H3. The number of benzene rings is 3. The molecule has 30 heavy (non-hydrogen) atoms. The van der Waals surface area contributed by atoms with E-state index in [4.69, 9.17) is 27.9 Å². The van der Waals surface area contributed by atoms with Crippen molar-refractivity contribution in [1.82, 2.24) is 0 Å². The molecular weight excluding hydrogens is 423 g/mol. The number of amidine groups is 1. The number of aliphatic imine (C=N–C) groups is 1. The number of ether oxygens (including phenoxy) is 1. The second-order valence-corrected chi connectivity index (χ2v) is 7.43. The monoisotopic (exact) mass is 438 g/mol. The highest BCUT2D eigenvalue weighted by atomic mass is 35.5. The third-order valence-corrected chi connectivity index (χ3v) is 5.46. The van der Waals surface area contributed by atoms with Crippen molar-refractivity contribution >= 4 is 46.6 Å². The van der Waals surface area contributed by atoms with Crippen LogP contribution >= 0.6 is 23.2 Å². The molecule has 0 aliphatic carbocycles. The molecule has 0 bridgehead atoms. The summed E-state index contributed by atoms with van der Waals surface area (Å²) in [5.74, 6) is -0.436.